The van der Waals surface area contributed by atoms with Gasteiger partial charge in [-0.2, -0.15) is 0 Å². The van der Waals surface area contributed by atoms with Crippen molar-refractivity contribution < 1.29 is 18.6 Å². The summed E-state index contributed by atoms with van der Waals surface area (Å²) >= 11 is 0. The molecule has 1 heterocycles. The van der Waals surface area contributed by atoms with Crippen molar-refractivity contribution in [3.63, 3.8) is 0 Å². The lowest BCUT2D eigenvalue weighted by molar-refractivity contribution is 0.0566. The second-order valence-corrected chi connectivity index (χ2v) is 8.39. The van der Waals surface area contributed by atoms with Gasteiger partial charge in [-0.3, -0.25) is 0 Å². The average molecular weight is 467 g/mol. The average Bonchev–Trinajstić information content (AvgIpc) is 2.85. The molecule has 4 nitrogen and oxygen atoms in total. The van der Waals surface area contributed by atoms with Crippen molar-refractivity contribution in [3.8, 4) is 28.3 Å². The van der Waals surface area contributed by atoms with Crippen molar-refractivity contribution in [2.45, 2.75) is 58.5 Å². The molecule has 0 radical (unpaired) electrons. The van der Waals surface area contributed by atoms with Gasteiger partial charge < -0.3 is 9.84 Å². The summed E-state index contributed by atoms with van der Waals surface area (Å²) in [7, 11) is 0. The molecule has 3 rings (SSSR count). The number of phenols is 1. The Bertz CT molecular complexity index is 1070. The lowest BCUT2D eigenvalue weighted by atomic mass is 10.0. The molecule has 0 saturated heterocycles. The van der Waals surface area contributed by atoms with Crippen molar-refractivity contribution >= 4 is 6.08 Å². The standard InChI is InChI=1S/C28H32F2N2O2/c1-3-4-8-17-34-20(2)9-6-5-7-10-21-13-16-25(27(30)26(21)29)23-18-31-28(32-19-23)22-11-14-24(33)15-12-22/h7,10-16,18-20,33H,3-6,8-9,17H2,1-2H3. The Kier molecular flexibility index (Phi) is 9.71. The first kappa shape index (κ1) is 25.5. The first-order chi connectivity index (χ1) is 16.5. The lowest BCUT2D eigenvalue weighted by Crippen LogP contribution is -2.08. The van der Waals surface area contributed by atoms with Gasteiger partial charge in [-0.15, -0.1) is 0 Å². The maximum atomic E-state index is 14.8. The summed E-state index contributed by atoms with van der Waals surface area (Å²) in [5, 5.41) is 9.39. The number of aromatic hydroxyl groups is 1. The van der Waals surface area contributed by atoms with E-state index in [0.29, 0.717) is 17.0 Å². The van der Waals surface area contributed by atoms with Crippen molar-refractivity contribution in [1.29, 1.82) is 0 Å². The molecular formula is C28H32F2N2O2. The number of aromatic nitrogens is 2. The summed E-state index contributed by atoms with van der Waals surface area (Å²) in [5.74, 6) is -1.22. The van der Waals surface area contributed by atoms with Crippen LogP contribution in [-0.2, 0) is 4.74 Å². The van der Waals surface area contributed by atoms with E-state index in [1.807, 2.05) is 6.08 Å². The van der Waals surface area contributed by atoms with E-state index >= 15 is 0 Å². The van der Waals surface area contributed by atoms with Gasteiger partial charge in [-0.05, 0) is 56.9 Å². The van der Waals surface area contributed by atoms with E-state index in [1.165, 1.54) is 37.4 Å². The first-order valence-electron chi connectivity index (χ1n) is 11.9. The third-order valence-electron chi connectivity index (χ3n) is 5.63. The molecule has 0 aliphatic rings. The van der Waals surface area contributed by atoms with E-state index < -0.39 is 11.6 Å². The van der Waals surface area contributed by atoms with Gasteiger partial charge in [-0.1, -0.05) is 44.1 Å². The molecule has 1 N–H and O–H groups in total. The summed E-state index contributed by atoms with van der Waals surface area (Å²) in [6.07, 6.45) is 12.7. The number of phenolic OH excluding ortho intramolecular Hbond substituents is 1. The Labute approximate surface area is 200 Å². The molecule has 0 aliphatic carbocycles. The molecule has 180 valence electrons. The second kappa shape index (κ2) is 12.9. The highest BCUT2D eigenvalue weighted by Crippen LogP contribution is 2.27. The Hall–Kier alpha value is -3.12. The van der Waals surface area contributed by atoms with E-state index in [1.54, 1.807) is 30.3 Å². The van der Waals surface area contributed by atoms with Crippen LogP contribution in [0.1, 0.15) is 57.9 Å². The van der Waals surface area contributed by atoms with Crippen LogP contribution in [0.3, 0.4) is 0 Å². The highest BCUT2D eigenvalue weighted by molar-refractivity contribution is 5.67. The van der Waals surface area contributed by atoms with Crippen LogP contribution in [0.4, 0.5) is 8.78 Å². The number of benzene rings is 2. The third-order valence-corrected chi connectivity index (χ3v) is 5.63. The fourth-order valence-electron chi connectivity index (χ4n) is 3.60. The molecule has 0 aliphatic heterocycles. The zero-order valence-electron chi connectivity index (χ0n) is 19.8. The van der Waals surface area contributed by atoms with Crippen molar-refractivity contribution in [3.05, 3.63) is 72.1 Å². The molecule has 1 unspecified atom stereocenters. The van der Waals surface area contributed by atoms with Crippen LogP contribution in [0.2, 0.25) is 0 Å². The molecule has 6 heteroatoms. The number of hydrogen-bond acceptors (Lipinski definition) is 4. The predicted molar refractivity (Wildman–Crippen MR) is 132 cm³/mol. The van der Waals surface area contributed by atoms with Crippen LogP contribution >= 0.6 is 0 Å². The quantitative estimate of drug-likeness (QED) is 0.280. The van der Waals surface area contributed by atoms with Crippen LogP contribution in [0.5, 0.6) is 5.75 Å². The number of unbranched alkanes of at least 4 members (excludes halogenated alkanes) is 3. The fraction of sp³-hybridized carbons (Fsp3) is 0.357. The number of nitrogens with zero attached hydrogens (tertiary/aromatic N) is 2. The largest absolute Gasteiger partial charge is 0.508 e. The highest BCUT2D eigenvalue weighted by atomic mass is 19.2. The molecule has 0 spiro atoms. The predicted octanol–water partition coefficient (Wildman–Crippen LogP) is 7.57. The highest BCUT2D eigenvalue weighted by Gasteiger charge is 2.14. The summed E-state index contributed by atoms with van der Waals surface area (Å²) in [6.45, 7) is 5.04. The second-order valence-electron chi connectivity index (χ2n) is 8.39. The van der Waals surface area contributed by atoms with Crippen LogP contribution in [0.15, 0.2) is 54.9 Å². The topological polar surface area (TPSA) is 55.2 Å². The first-order valence-corrected chi connectivity index (χ1v) is 11.9. The maximum Gasteiger partial charge on any atom is 0.167 e. The SMILES string of the molecule is CCCCCOC(C)CCCC=Cc1ccc(-c2cnc(-c3ccc(O)cc3)nc2)c(F)c1F. The Balaban J connectivity index is 1.56. The zero-order chi connectivity index (χ0) is 24.3. The van der Waals surface area contributed by atoms with Gasteiger partial charge in [-0.25, -0.2) is 18.7 Å². The summed E-state index contributed by atoms with van der Waals surface area (Å²) in [4.78, 5) is 8.51. The summed E-state index contributed by atoms with van der Waals surface area (Å²) in [6, 6.07) is 9.56. The molecule has 2 aromatic carbocycles. The van der Waals surface area contributed by atoms with Gasteiger partial charge in [0.1, 0.15) is 5.75 Å². The molecule has 0 bridgehead atoms. The van der Waals surface area contributed by atoms with Gasteiger partial charge >= 0.3 is 0 Å². The maximum absolute atomic E-state index is 14.8. The smallest absolute Gasteiger partial charge is 0.167 e. The number of ether oxygens (including phenoxy) is 1. The Morgan fingerprint density at radius 3 is 2.38 bits per heavy atom. The van der Waals surface area contributed by atoms with Crippen molar-refractivity contribution in [2.75, 3.05) is 6.61 Å². The van der Waals surface area contributed by atoms with Crippen LogP contribution in [0.25, 0.3) is 28.6 Å². The zero-order valence-corrected chi connectivity index (χ0v) is 19.8. The van der Waals surface area contributed by atoms with Gasteiger partial charge in [0.2, 0.25) is 0 Å². The Morgan fingerprint density at radius 2 is 1.68 bits per heavy atom. The molecule has 0 saturated carbocycles. The molecule has 1 aromatic heterocycles. The number of allylic oxidation sites excluding steroid dienone is 1. The van der Waals surface area contributed by atoms with E-state index in [-0.39, 0.29) is 23.0 Å². The number of hydrogen-bond donors (Lipinski definition) is 1. The fourth-order valence-corrected chi connectivity index (χ4v) is 3.60. The minimum absolute atomic E-state index is 0.112. The van der Waals surface area contributed by atoms with Gasteiger partial charge in [0.05, 0.1) is 6.10 Å². The molecule has 0 amide bonds. The van der Waals surface area contributed by atoms with Crippen LogP contribution in [-0.4, -0.2) is 27.8 Å². The van der Waals surface area contributed by atoms with Crippen molar-refractivity contribution in [1.82, 2.24) is 9.97 Å². The van der Waals surface area contributed by atoms with Crippen LogP contribution < -0.4 is 0 Å². The number of rotatable bonds is 12. The third kappa shape index (κ3) is 7.19. The monoisotopic (exact) mass is 466 g/mol. The minimum atomic E-state index is -0.919. The Morgan fingerprint density at radius 1 is 0.941 bits per heavy atom. The molecule has 1 atom stereocenters. The number of halogens is 2. The van der Waals surface area contributed by atoms with E-state index in [4.69, 9.17) is 4.74 Å². The molecule has 34 heavy (non-hydrogen) atoms. The van der Waals surface area contributed by atoms with Crippen LogP contribution in [0, 0.1) is 11.6 Å². The van der Waals surface area contributed by atoms with E-state index in [2.05, 4.69) is 23.8 Å². The van der Waals surface area contributed by atoms with Crippen molar-refractivity contribution in [2.24, 2.45) is 0 Å². The lowest BCUT2D eigenvalue weighted by Gasteiger charge is -2.12. The van der Waals surface area contributed by atoms with E-state index in [9.17, 15) is 13.9 Å². The normalized spacial score (nSPS) is 12.4. The molecule has 0 fully saturated rings. The van der Waals surface area contributed by atoms with Gasteiger partial charge in [0, 0.05) is 41.3 Å². The van der Waals surface area contributed by atoms with E-state index in [0.717, 1.165) is 32.3 Å². The van der Waals surface area contributed by atoms with Gasteiger partial charge in [0.15, 0.2) is 17.5 Å². The summed E-state index contributed by atoms with van der Waals surface area (Å²) in [5.41, 5.74) is 1.43. The molecule has 3 aromatic rings. The summed E-state index contributed by atoms with van der Waals surface area (Å²) < 4.78 is 35.2. The van der Waals surface area contributed by atoms with Gasteiger partial charge in [0.25, 0.3) is 0 Å². The minimum Gasteiger partial charge on any atom is -0.508 e. The molecular weight excluding hydrogens is 434 g/mol.